The molecule has 0 radical (unpaired) electrons. The molecule has 1 aromatic heterocycles. The van der Waals surface area contributed by atoms with Crippen LogP contribution in [0, 0.1) is 5.82 Å². The van der Waals surface area contributed by atoms with Crippen LogP contribution in [-0.4, -0.2) is 17.9 Å². The normalized spacial score (nSPS) is 10.0. The minimum absolute atomic E-state index is 0.219. The minimum Gasteiger partial charge on any atom is -0.296 e. The number of amides is 1. The van der Waals surface area contributed by atoms with Gasteiger partial charge in [0.1, 0.15) is 11.6 Å². The van der Waals surface area contributed by atoms with Gasteiger partial charge in [0.2, 0.25) is 0 Å². The lowest BCUT2D eigenvalue weighted by atomic mass is 10.2. The molecule has 3 nitrogen and oxygen atoms in total. The highest BCUT2D eigenvalue weighted by Gasteiger charge is 2.13. The Hall–Kier alpha value is -2.23. The third kappa shape index (κ3) is 2.47. The summed E-state index contributed by atoms with van der Waals surface area (Å²) < 4.78 is 12.7. The molecule has 0 bridgehead atoms. The van der Waals surface area contributed by atoms with Gasteiger partial charge in [-0.15, -0.1) is 0 Å². The van der Waals surface area contributed by atoms with Gasteiger partial charge in [-0.05, 0) is 36.4 Å². The van der Waals surface area contributed by atoms with Crippen LogP contribution in [0.25, 0.3) is 0 Å². The lowest BCUT2D eigenvalue weighted by Crippen LogP contribution is -2.26. The van der Waals surface area contributed by atoms with Crippen LogP contribution in [0.2, 0.25) is 0 Å². The van der Waals surface area contributed by atoms with E-state index in [-0.39, 0.29) is 11.7 Å². The monoisotopic (exact) mass is 230 g/mol. The zero-order valence-corrected chi connectivity index (χ0v) is 9.30. The summed E-state index contributed by atoms with van der Waals surface area (Å²) >= 11 is 0. The van der Waals surface area contributed by atoms with Crippen LogP contribution in [0.5, 0.6) is 0 Å². The van der Waals surface area contributed by atoms with E-state index in [4.69, 9.17) is 0 Å². The Bertz CT molecular complexity index is 511. The molecule has 0 aliphatic carbocycles. The lowest BCUT2D eigenvalue weighted by Gasteiger charge is -2.15. The predicted molar refractivity (Wildman–Crippen MR) is 63.4 cm³/mol. The van der Waals surface area contributed by atoms with E-state index in [1.165, 1.54) is 29.2 Å². The lowest BCUT2D eigenvalue weighted by molar-refractivity contribution is 0.0992. The van der Waals surface area contributed by atoms with Gasteiger partial charge in [-0.3, -0.25) is 9.69 Å². The Morgan fingerprint density at radius 3 is 2.47 bits per heavy atom. The SMILES string of the molecule is CN(C(=O)c1ccc(F)cc1)c1ccccn1. The number of rotatable bonds is 2. The van der Waals surface area contributed by atoms with E-state index in [0.717, 1.165) is 0 Å². The van der Waals surface area contributed by atoms with E-state index in [1.54, 1.807) is 31.4 Å². The second kappa shape index (κ2) is 4.74. The molecule has 0 aliphatic heterocycles. The second-order valence-electron chi connectivity index (χ2n) is 3.56. The fourth-order valence-electron chi connectivity index (χ4n) is 1.44. The first-order chi connectivity index (χ1) is 8.18. The molecule has 0 saturated heterocycles. The number of benzene rings is 1. The number of halogens is 1. The highest BCUT2D eigenvalue weighted by Crippen LogP contribution is 2.12. The molecule has 2 aromatic rings. The topological polar surface area (TPSA) is 33.2 Å². The van der Waals surface area contributed by atoms with Crippen molar-refractivity contribution in [1.29, 1.82) is 0 Å². The number of carbonyl (C=O) groups is 1. The van der Waals surface area contributed by atoms with Gasteiger partial charge in [0, 0.05) is 18.8 Å². The molecule has 1 amide bonds. The van der Waals surface area contributed by atoms with Crippen LogP contribution in [0.15, 0.2) is 48.7 Å². The second-order valence-corrected chi connectivity index (χ2v) is 3.56. The molecular formula is C13H11FN2O. The standard InChI is InChI=1S/C13H11FN2O/c1-16(12-4-2-3-9-15-12)13(17)10-5-7-11(14)8-6-10/h2-9H,1H3. The van der Waals surface area contributed by atoms with Crippen molar-refractivity contribution >= 4 is 11.7 Å². The van der Waals surface area contributed by atoms with Crippen LogP contribution in [0.1, 0.15) is 10.4 Å². The van der Waals surface area contributed by atoms with Gasteiger partial charge in [0.05, 0.1) is 0 Å². The summed E-state index contributed by atoms with van der Waals surface area (Å²) in [4.78, 5) is 17.5. The fraction of sp³-hybridized carbons (Fsp3) is 0.0769. The average molecular weight is 230 g/mol. The number of nitrogens with zero attached hydrogens (tertiary/aromatic N) is 2. The maximum absolute atomic E-state index is 12.7. The van der Waals surface area contributed by atoms with Crippen molar-refractivity contribution in [3.05, 3.63) is 60.0 Å². The molecule has 0 spiro atoms. The van der Waals surface area contributed by atoms with Crippen LogP contribution in [0.3, 0.4) is 0 Å². The number of pyridine rings is 1. The molecule has 86 valence electrons. The molecule has 0 saturated carbocycles. The van der Waals surface area contributed by atoms with Crippen LogP contribution >= 0.6 is 0 Å². The number of hydrogen-bond acceptors (Lipinski definition) is 2. The zero-order valence-electron chi connectivity index (χ0n) is 9.30. The van der Waals surface area contributed by atoms with Gasteiger partial charge in [-0.2, -0.15) is 0 Å². The molecule has 0 atom stereocenters. The third-order valence-electron chi connectivity index (χ3n) is 2.39. The first-order valence-corrected chi connectivity index (χ1v) is 5.13. The molecular weight excluding hydrogens is 219 g/mol. The minimum atomic E-state index is -0.359. The molecule has 0 N–H and O–H groups in total. The summed E-state index contributed by atoms with van der Waals surface area (Å²) in [5.74, 6) is -0.0208. The largest absolute Gasteiger partial charge is 0.296 e. The van der Waals surface area contributed by atoms with Crippen LogP contribution in [0.4, 0.5) is 10.2 Å². The smallest absolute Gasteiger partial charge is 0.259 e. The first kappa shape index (κ1) is 11.3. The van der Waals surface area contributed by atoms with Gasteiger partial charge < -0.3 is 0 Å². The van der Waals surface area contributed by atoms with Crippen molar-refractivity contribution in [2.24, 2.45) is 0 Å². The molecule has 0 fully saturated rings. The molecule has 1 aromatic carbocycles. The predicted octanol–water partition coefficient (Wildman–Crippen LogP) is 2.50. The maximum atomic E-state index is 12.7. The molecule has 0 aliphatic rings. The van der Waals surface area contributed by atoms with Gasteiger partial charge in [-0.25, -0.2) is 9.37 Å². The summed E-state index contributed by atoms with van der Waals surface area (Å²) in [6.07, 6.45) is 1.61. The Kier molecular flexibility index (Phi) is 3.14. The van der Waals surface area contributed by atoms with E-state index in [9.17, 15) is 9.18 Å². The van der Waals surface area contributed by atoms with Crippen LogP contribution < -0.4 is 4.90 Å². The van der Waals surface area contributed by atoms with Gasteiger partial charge >= 0.3 is 0 Å². The Morgan fingerprint density at radius 2 is 1.88 bits per heavy atom. The summed E-state index contributed by atoms with van der Waals surface area (Å²) in [5.41, 5.74) is 0.430. The first-order valence-electron chi connectivity index (χ1n) is 5.13. The van der Waals surface area contributed by atoms with Crippen molar-refractivity contribution < 1.29 is 9.18 Å². The molecule has 1 heterocycles. The van der Waals surface area contributed by atoms with E-state index in [0.29, 0.717) is 11.4 Å². The fourth-order valence-corrected chi connectivity index (χ4v) is 1.44. The molecule has 0 unspecified atom stereocenters. The molecule has 4 heteroatoms. The van der Waals surface area contributed by atoms with E-state index >= 15 is 0 Å². The van der Waals surface area contributed by atoms with Crippen molar-refractivity contribution in [3.8, 4) is 0 Å². The Balaban J connectivity index is 2.23. The zero-order chi connectivity index (χ0) is 12.3. The van der Waals surface area contributed by atoms with Crippen molar-refractivity contribution in [2.75, 3.05) is 11.9 Å². The number of aromatic nitrogens is 1. The number of carbonyl (C=O) groups excluding carboxylic acids is 1. The molecule has 17 heavy (non-hydrogen) atoms. The average Bonchev–Trinajstić information content (AvgIpc) is 2.39. The maximum Gasteiger partial charge on any atom is 0.259 e. The van der Waals surface area contributed by atoms with Crippen molar-refractivity contribution in [2.45, 2.75) is 0 Å². The van der Waals surface area contributed by atoms with Crippen LogP contribution in [-0.2, 0) is 0 Å². The van der Waals surface area contributed by atoms with Gasteiger partial charge in [0.25, 0.3) is 5.91 Å². The third-order valence-corrected chi connectivity index (χ3v) is 2.39. The van der Waals surface area contributed by atoms with E-state index in [1.807, 2.05) is 0 Å². The summed E-state index contributed by atoms with van der Waals surface area (Å²) in [6, 6.07) is 10.8. The van der Waals surface area contributed by atoms with E-state index < -0.39 is 0 Å². The van der Waals surface area contributed by atoms with E-state index in [2.05, 4.69) is 4.98 Å². The summed E-state index contributed by atoms with van der Waals surface area (Å²) in [5, 5.41) is 0. The highest BCUT2D eigenvalue weighted by molar-refractivity contribution is 6.05. The van der Waals surface area contributed by atoms with Crippen molar-refractivity contribution in [1.82, 2.24) is 4.98 Å². The Morgan fingerprint density at radius 1 is 1.18 bits per heavy atom. The summed E-state index contributed by atoms with van der Waals surface area (Å²) in [6.45, 7) is 0. The molecule has 2 rings (SSSR count). The number of hydrogen-bond donors (Lipinski definition) is 0. The van der Waals surface area contributed by atoms with Gasteiger partial charge in [-0.1, -0.05) is 6.07 Å². The Labute approximate surface area is 98.5 Å². The number of anilines is 1. The van der Waals surface area contributed by atoms with Gasteiger partial charge in [0.15, 0.2) is 0 Å². The highest BCUT2D eigenvalue weighted by atomic mass is 19.1. The quantitative estimate of drug-likeness (QED) is 0.794. The summed E-state index contributed by atoms with van der Waals surface area (Å²) in [7, 11) is 1.63. The van der Waals surface area contributed by atoms with Crippen molar-refractivity contribution in [3.63, 3.8) is 0 Å².